The lowest BCUT2D eigenvalue weighted by molar-refractivity contribution is 0.0494. The third-order valence-electron chi connectivity index (χ3n) is 4.29. The van der Waals surface area contributed by atoms with E-state index in [1.54, 1.807) is 13.0 Å². The standard InChI is InChI=1S/C21H16O5/c1-3-24-21(23)20-17(13-7-5-4-6-8-13)18-15(25-20)10-9-14-12(2)11-16(22)26-19(14)18/h4-11H,3H2,1-2H3. The Labute approximate surface area is 148 Å². The Morgan fingerprint density at radius 3 is 2.58 bits per heavy atom. The first-order valence-electron chi connectivity index (χ1n) is 8.32. The molecule has 0 aliphatic carbocycles. The van der Waals surface area contributed by atoms with Gasteiger partial charge in [0.25, 0.3) is 0 Å². The highest BCUT2D eigenvalue weighted by molar-refractivity contribution is 6.15. The summed E-state index contributed by atoms with van der Waals surface area (Å²) in [6.45, 7) is 3.82. The van der Waals surface area contributed by atoms with Crippen LogP contribution in [-0.4, -0.2) is 12.6 Å². The first kappa shape index (κ1) is 16.1. The molecule has 4 aromatic rings. The second kappa shape index (κ2) is 6.19. The Hall–Kier alpha value is -3.34. The van der Waals surface area contributed by atoms with Crippen LogP contribution in [0, 0.1) is 6.92 Å². The number of benzene rings is 2. The average molecular weight is 348 g/mol. The molecule has 2 aromatic carbocycles. The molecule has 0 aliphatic rings. The fraction of sp³-hybridized carbons (Fsp3) is 0.143. The van der Waals surface area contributed by atoms with Gasteiger partial charge in [-0.1, -0.05) is 30.3 Å². The normalized spacial score (nSPS) is 11.2. The van der Waals surface area contributed by atoms with Gasteiger partial charge in [0.2, 0.25) is 5.76 Å². The van der Waals surface area contributed by atoms with Crippen LogP contribution in [0.2, 0.25) is 0 Å². The van der Waals surface area contributed by atoms with Gasteiger partial charge >= 0.3 is 11.6 Å². The molecule has 0 amide bonds. The van der Waals surface area contributed by atoms with Crippen LogP contribution in [0.3, 0.4) is 0 Å². The summed E-state index contributed by atoms with van der Waals surface area (Å²) < 4.78 is 16.5. The number of carbonyl (C=O) groups is 1. The average Bonchev–Trinajstić information content (AvgIpc) is 3.02. The molecule has 2 heterocycles. The van der Waals surface area contributed by atoms with Crippen LogP contribution in [0.15, 0.2) is 62.2 Å². The largest absolute Gasteiger partial charge is 0.460 e. The molecule has 0 radical (unpaired) electrons. The summed E-state index contributed by atoms with van der Waals surface area (Å²) in [5.74, 6) is -0.449. The second-order valence-corrected chi connectivity index (χ2v) is 5.96. The highest BCUT2D eigenvalue weighted by atomic mass is 16.5. The van der Waals surface area contributed by atoms with Crippen molar-refractivity contribution in [2.24, 2.45) is 0 Å². The van der Waals surface area contributed by atoms with Crippen LogP contribution in [0.4, 0.5) is 0 Å². The van der Waals surface area contributed by atoms with Crippen LogP contribution >= 0.6 is 0 Å². The summed E-state index contributed by atoms with van der Waals surface area (Å²) in [5.41, 5.74) is 2.58. The molecule has 0 atom stereocenters. The molecule has 0 unspecified atom stereocenters. The summed E-state index contributed by atoms with van der Waals surface area (Å²) in [6.07, 6.45) is 0. The number of rotatable bonds is 3. The molecule has 5 nitrogen and oxygen atoms in total. The minimum atomic E-state index is -0.550. The molecule has 0 N–H and O–H groups in total. The van der Waals surface area contributed by atoms with Crippen molar-refractivity contribution in [3.05, 3.63) is 70.3 Å². The first-order chi connectivity index (χ1) is 12.6. The van der Waals surface area contributed by atoms with Crippen molar-refractivity contribution in [1.29, 1.82) is 0 Å². The molecule has 0 aliphatic heterocycles. The summed E-state index contributed by atoms with van der Waals surface area (Å²) >= 11 is 0. The number of hydrogen-bond acceptors (Lipinski definition) is 5. The van der Waals surface area contributed by atoms with Gasteiger partial charge in [-0.2, -0.15) is 0 Å². The Kier molecular flexibility index (Phi) is 3.84. The molecule has 0 fully saturated rings. The van der Waals surface area contributed by atoms with Gasteiger partial charge in [0, 0.05) is 17.0 Å². The van der Waals surface area contributed by atoms with E-state index in [0.29, 0.717) is 22.1 Å². The monoisotopic (exact) mass is 348 g/mol. The molecule has 0 bridgehead atoms. The molecule has 0 saturated heterocycles. The third-order valence-corrected chi connectivity index (χ3v) is 4.29. The molecule has 0 spiro atoms. The fourth-order valence-corrected chi connectivity index (χ4v) is 3.18. The number of esters is 1. The van der Waals surface area contributed by atoms with Crippen LogP contribution in [0.25, 0.3) is 33.1 Å². The lowest BCUT2D eigenvalue weighted by atomic mass is 9.99. The summed E-state index contributed by atoms with van der Waals surface area (Å²) in [4.78, 5) is 24.4. The van der Waals surface area contributed by atoms with E-state index in [4.69, 9.17) is 13.6 Å². The van der Waals surface area contributed by atoms with Gasteiger partial charge in [-0.15, -0.1) is 0 Å². The van der Waals surface area contributed by atoms with Crippen LogP contribution in [0.1, 0.15) is 23.0 Å². The Balaban J connectivity index is 2.18. The van der Waals surface area contributed by atoms with Crippen molar-refractivity contribution in [1.82, 2.24) is 0 Å². The van der Waals surface area contributed by atoms with Gasteiger partial charge in [0.15, 0.2) is 0 Å². The van der Waals surface area contributed by atoms with Crippen molar-refractivity contribution in [3.63, 3.8) is 0 Å². The van der Waals surface area contributed by atoms with Crippen molar-refractivity contribution >= 4 is 27.9 Å². The number of ether oxygens (including phenoxy) is 1. The zero-order valence-electron chi connectivity index (χ0n) is 14.4. The van der Waals surface area contributed by atoms with Crippen LogP contribution in [0.5, 0.6) is 0 Å². The smallest absolute Gasteiger partial charge is 0.374 e. The number of hydrogen-bond donors (Lipinski definition) is 0. The van der Waals surface area contributed by atoms with Gasteiger partial charge in [0.05, 0.1) is 12.0 Å². The highest BCUT2D eigenvalue weighted by Gasteiger charge is 2.25. The number of carbonyl (C=O) groups excluding carboxylic acids is 1. The summed E-state index contributed by atoms with van der Waals surface area (Å²) in [7, 11) is 0. The molecule has 4 rings (SSSR count). The Bertz CT molecular complexity index is 1180. The van der Waals surface area contributed by atoms with Gasteiger partial charge in [0.1, 0.15) is 11.2 Å². The Morgan fingerprint density at radius 1 is 1.08 bits per heavy atom. The lowest BCUT2D eigenvalue weighted by Crippen LogP contribution is -2.04. The molecular weight excluding hydrogens is 332 g/mol. The van der Waals surface area contributed by atoms with Crippen molar-refractivity contribution in [2.45, 2.75) is 13.8 Å². The maximum absolute atomic E-state index is 12.5. The number of fused-ring (bicyclic) bond motifs is 3. The van der Waals surface area contributed by atoms with Crippen LogP contribution in [-0.2, 0) is 4.74 Å². The van der Waals surface area contributed by atoms with E-state index in [9.17, 15) is 9.59 Å². The highest BCUT2D eigenvalue weighted by Crippen LogP contribution is 2.39. The molecule has 130 valence electrons. The quantitative estimate of drug-likeness (QED) is 0.397. The van der Waals surface area contributed by atoms with E-state index < -0.39 is 11.6 Å². The van der Waals surface area contributed by atoms with E-state index in [0.717, 1.165) is 16.5 Å². The van der Waals surface area contributed by atoms with E-state index in [1.807, 2.05) is 43.3 Å². The number of furan rings is 1. The van der Waals surface area contributed by atoms with Gasteiger partial charge in [-0.3, -0.25) is 0 Å². The van der Waals surface area contributed by atoms with Crippen molar-refractivity contribution < 1.29 is 18.4 Å². The zero-order chi connectivity index (χ0) is 18.3. The third kappa shape index (κ3) is 2.49. The minimum absolute atomic E-state index is 0.102. The summed E-state index contributed by atoms with van der Waals surface area (Å²) in [6, 6.07) is 14.4. The van der Waals surface area contributed by atoms with Crippen molar-refractivity contribution in [3.8, 4) is 11.1 Å². The number of aryl methyl sites for hydroxylation is 1. The molecular formula is C21H16O5. The predicted molar refractivity (Wildman–Crippen MR) is 98.4 cm³/mol. The molecule has 0 saturated carbocycles. The maximum Gasteiger partial charge on any atom is 0.374 e. The van der Waals surface area contributed by atoms with Gasteiger partial charge in [-0.25, -0.2) is 9.59 Å². The zero-order valence-corrected chi connectivity index (χ0v) is 14.4. The van der Waals surface area contributed by atoms with Crippen molar-refractivity contribution in [2.75, 3.05) is 6.61 Å². The Morgan fingerprint density at radius 2 is 1.85 bits per heavy atom. The topological polar surface area (TPSA) is 69.7 Å². The van der Waals surface area contributed by atoms with E-state index in [2.05, 4.69) is 0 Å². The lowest BCUT2D eigenvalue weighted by Gasteiger charge is -2.05. The van der Waals surface area contributed by atoms with Gasteiger partial charge in [-0.05, 0) is 37.1 Å². The van der Waals surface area contributed by atoms with E-state index in [-0.39, 0.29) is 12.4 Å². The fourth-order valence-electron chi connectivity index (χ4n) is 3.18. The molecule has 26 heavy (non-hydrogen) atoms. The first-order valence-corrected chi connectivity index (χ1v) is 8.32. The molecule has 5 heteroatoms. The van der Waals surface area contributed by atoms with Gasteiger partial charge < -0.3 is 13.6 Å². The maximum atomic E-state index is 12.5. The second-order valence-electron chi connectivity index (χ2n) is 5.96. The van der Waals surface area contributed by atoms with E-state index in [1.165, 1.54) is 6.07 Å². The van der Waals surface area contributed by atoms with E-state index >= 15 is 0 Å². The van der Waals surface area contributed by atoms with Crippen LogP contribution < -0.4 is 5.63 Å². The molecule has 2 aromatic heterocycles. The summed E-state index contributed by atoms with van der Waals surface area (Å²) in [5, 5.41) is 1.39. The SMILES string of the molecule is CCOC(=O)c1oc2ccc3c(C)cc(=O)oc3c2c1-c1ccccc1. The minimum Gasteiger partial charge on any atom is -0.460 e. The predicted octanol–water partition coefficient (Wildman–Crippen LogP) is 4.69.